The van der Waals surface area contributed by atoms with Gasteiger partial charge in [-0.3, -0.25) is 19.5 Å². The molecular formula is C12H15N3O2. The van der Waals surface area contributed by atoms with Gasteiger partial charge in [-0.05, 0) is 12.0 Å². The zero-order valence-electron chi connectivity index (χ0n) is 9.88. The number of nitrogens with two attached hydrogens (primary N) is 1. The van der Waals surface area contributed by atoms with Crippen molar-refractivity contribution in [3.05, 3.63) is 29.6 Å². The summed E-state index contributed by atoms with van der Waals surface area (Å²) in [5.41, 5.74) is 6.68. The van der Waals surface area contributed by atoms with Crippen molar-refractivity contribution in [1.82, 2.24) is 9.88 Å². The summed E-state index contributed by atoms with van der Waals surface area (Å²) < 4.78 is 0. The van der Waals surface area contributed by atoms with Gasteiger partial charge in [-0.2, -0.15) is 0 Å². The molecule has 0 aliphatic carbocycles. The molecule has 1 aromatic heterocycles. The standard InChI is InChI=1S/C12H15N3O2/c1-7(2)10(13)6-15-11(16)8-3-4-14-5-9(8)12(15)17/h3-5,7,10H,6,13H2,1-2H3. The summed E-state index contributed by atoms with van der Waals surface area (Å²) in [7, 11) is 0. The zero-order valence-corrected chi connectivity index (χ0v) is 9.88. The number of hydrogen-bond donors (Lipinski definition) is 1. The van der Waals surface area contributed by atoms with Gasteiger partial charge in [0.1, 0.15) is 0 Å². The number of nitrogens with zero attached hydrogens (tertiary/aromatic N) is 2. The van der Waals surface area contributed by atoms with Crippen molar-refractivity contribution in [1.29, 1.82) is 0 Å². The lowest BCUT2D eigenvalue weighted by Gasteiger charge is -2.21. The van der Waals surface area contributed by atoms with E-state index in [0.29, 0.717) is 11.1 Å². The van der Waals surface area contributed by atoms with Crippen LogP contribution >= 0.6 is 0 Å². The fourth-order valence-electron chi connectivity index (χ4n) is 1.72. The lowest BCUT2D eigenvalue weighted by Crippen LogP contribution is -2.43. The highest BCUT2D eigenvalue weighted by Gasteiger charge is 2.36. The number of amides is 2. The normalized spacial score (nSPS) is 16.6. The zero-order chi connectivity index (χ0) is 12.6. The second-order valence-electron chi connectivity index (χ2n) is 4.55. The molecule has 1 aliphatic rings. The Balaban J connectivity index is 2.25. The number of aromatic nitrogens is 1. The molecule has 2 amide bonds. The van der Waals surface area contributed by atoms with Crippen LogP contribution in [0.5, 0.6) is 0 Å². The first-order valence-electron chi connectivity index (χ1n) is 5.58. The Morgan fingerprint density at radius 3 is 2.53 bits per heavy atom. The molecule has 5 nitrogen and oxygen atoms in total. The maximum Gasteiger partial charge on any atom is 0.263 e. The van der Waals surface area contributed by atoms with E-state index in [1.807, 2.05) is 13.8 Å². The molecule has 2 heterocycles. The molecule has 17 heavy (non-hydrogen) atoms. The minimum Gasteiger partial charge on any atom is -0.326 e. The van der Waals surface area contributed by atoms with Crippen LogP contribution in [0.15, 0.2) is 18.5 Å². The molecule has 0 fully saturated rings. The smallest absolute Gasteiger partial charge is 0.263 e. The van der Waals surface area contributed by atoms with Gasteiger partial charge in [0, 0.05) is 25.0 Å². The molecule has 2 rings (SSSR count). The first kappa shape index (κ1) is 11.7. The summed E-state index contributed by atoms with van der Waals surface area (Å²) in [6, 6.07) is 1.36. The molecule has 1 atom stereocenters. The number of pyridine rings is 1. The first-order chi connectivity index (χ1) is 8.02. The van der Waals surface area contributed by atoms with Gasteiger partial charge in [0.15, 0.2) is 0 Å². The molecule has 1 aromatic rings. The van der Waals surface area contributed by atoms with Crippen molar-refractivity contribution in [3.8, 4) is 0 Å². The molecule has 0 saturated carbocycles. The summed E-state index contributed by atoms with van der Waals surface area (Å²) in [5.74, 6) is -0.352. The highest BCUT2D eigenvalue weighted by Crippen LogP contribution is 2.22. The van der Waals surface area contributed by atoms with Gasteiger partial charge in [-0.25, -0.2) is 0 Å². The lowest BCUT2D eigenvalue weighted by atomic mass is 10.1. The van der Waals surface area contributed by atoms with E-state index in [0.717, 1.165) is 0 Å². The second-order valence-corrected chi connectivity index (χ2v) is 4.55. The maximum absolute atomic E-state index is 12.0. The van der Waals surface area contributed by atoms with E-state index in [2.05, 4.69) is 4.98 Å². The van der Waals surface area contributed by atoms with Crippen LogP contribution in [-0.4, -0.2) is 34.3 Å². The van der Waals surface area contributed by atoms with Crippen LogP contribution in [0.3, 0.4) is 0 Å². The molecule has 0 bridgehead atoms. The van der Waals surface area contributed by atoms with Gasteiger partial charge in [-0.1, -0.05) is 13.8 Å². The molecule has 2 N–H and O–H groups in total. The Labute approximate surface area is 99.6 Å². The predicted octanol–water partition coefficient (Wildman–Crippen LogP) is 0.661. The average Bonchev–Trinajstić information content (AvgIpc) is 2.55. The minimum absolute atomic E-state index is 0.204. The lowest BCUT2D eigenvalue weighted by molar-refractivity contribution is 0.0637. The minimum atomic E-state index is -0.297. The summed E-state index contributed by atoms with van der Waals surface area (Å²) in [6.45, 7) is 4.18. The largest absolute Gasteiger partial charge is 0.326 e. The van der Waals surface area contributed by atoms with E-state index >= 15 is 0 Å². The number of hydrogen-bond acceptors (Lipinski definition) is 4. The van der Waals surface area contributed by atoms with Crippen LogP contribution in [-0.2, 0) is 0 Å². The summed E-state index contributed by atoms with van der Waals surface area (Å²) in [4.78, 5) is 29.0. The van der Waals surface area contributed by atoms with Crippen molar-refractivity contribution in [3.63, 3.8) is 0 Å². The summed E-state index contributed by atoms with van der Waals surface area (Å²) in [6.07, 6.45) is 2.94. The number of imide groups is 1. The van der Waals surface area contributed by atoms with Crippen LogP contribution in [0.4, 0.5) is 0 Å². The molecule has 1 aliphatic heterocycles. The van der Waals surface area contributed by atoms with E-state index in [4.69, 9.17) is 5.73 Å². The van der Waals surface area contributed by atoms with E-state index in [9.17, 15) is 9.59 Å². The number of carbonyl (C=O) groups excluding carboxylic acids is 2. The van der Waals surface area contributed by atoms with Gasteiger partial charge in [-0.15, -0.1) is 0 Å². The van der Waals surface area contributed by atoms with E-state index < -0.39 is 0 Å². The quantitative estimate of drug-likeness (QED) is 0.778. The van der Waals surface area contributed by atoms with Crippen LogP contribution in [0.2, 0.25) is 0 Å². The number of fused-ring (bicyclic) bond motifs is 1. The Hall–Kier alpha value is -1.75. The van der Waals surface area contributed by atoms with Crippen molar-refractivity contribution in [2.24, 2.45) is 11.7 Å². The van der Waals surface area contributed by atoms with Gasteiger partial charge < -0.3 is 5.73 Å². The van der Waals surface area contributed by atoms with Crippen molar-refractivity contribution < 1.29 is 9.59 Å². The molecule has 0 aromatic carbocycles. The van der Waals surface area contributed by atoms with E-state index in [-0.39, 0.29) is 30.3 Å². The fraction of sp³-hybridized carbons (Fsp3) is 0.417. The Morgan fingerprint density at radius 2 is 1.94 bits per heavy atom. The molecular weight excluding hydrogens is 218 g/mol. The topological polar surface area (TPSA) is 76.3 Å². The fourth-order valence-corrected chi connectivity index (χ4v) is 1.72. The van der Waals surface area contributed by atoms with Crippen molar-refractivity contribution >= 4 is 11.8 Å². The molecule has 1 unspecified atom stereocenters. The van der Waals surface area contributed by atoms with Crippen LogP contribution in [0.25, 0.3) is 0 Å². The van der Waals surface area contributed by atoms with Crippen LogP contribution < -0.4 is 5.73 Å². The highest BCUT2D eigenvalue weighted by atomic mass is 16.2. The SMILES string of the molecule is CC(C)C(N)CN1C(=O)c2ccncc2C1=O. The van der Waals surface area contributed by atoms with Gasteiger partial charge in [0.25, 0.3) is 11.8 Å². The average molecular weight is 233 g/mol. The van der Waals surface area contributed by atoms with Crippen LogP contribution in [0, 0.1) is 5.92 Å². The summed E-state index contributed by atoms with van der Waals surface area (Å²) in [5, 5.41) is 0. The van der Waals surface area contributed by atoms with E-state index in [1.54, 1.807) is 6.07 Å². The summed E-state index contributed by atoms with van der Waals surface area (Å²) >= 11 is 0. The molecule has 5 heteroatoms. The van der Waals surface area contributed by atoms with Gasteiger partial charge in [0.2, 0.25) is 0 Å². The number of carbonyl (C=O) groups is 2. The Kier molecular flexibility index (Phi) is 2.93. The van der Waals surface area contributed by atoms with E-state index in [1.165, 1.54) is 17.3 Å². The molecule has 0 spiro atoms. The molecule has 0 saturated heterocycles. The van der Waals surface area contributed by atoms with Crippen molar-refractivity contribution in [2.75, 3.05) is 6.54 Å². The van der Waals surface area contributed by atoms with Gasteiger partial charge >= 0.3 is 0 Å². The molecule has 0 radical (unpaired) electrons. The number of rotatable bonds is 3. The maximum atomic E-state index is 12.0. The van der Waals surface area contributed by atoms with Crippen LogP contribution in [0.1, 0.15) is 34.6 Å². The third-order valence-electron chi connectivity index (χ3n) is 3.02. The van der Waals surface area contributed by atoms with Crippen molar-refractivity contribution in [2.45, 2.75) is 19.9 Å². The third kappa shape index (κ3) is 1.93. The highest BCUT2D eigenvalue weighted by molar-refractivity contribution is 6.21. The Bertz CT molecular complexity index is 436. The third-order valence-corrected chi connectivity index (χ3v) is 3.02. The second kappa shape index (κ2) is 4.25. The Morgan fingerprint density at radius 1 is 1.29 bits per heavy atom. The predicted molar refractivity (Wildman–Crippen MR) is 62.4 cm³/mol. The molecule has 90 valence electrons. The monoisotopic (exact) mass is 233 g/mol. The first-order valence-corrected chi connectivity index (χ1v) is 5.58. The van der Waals surface area contributed by atoms with Gasteiger partial charge in [0.05, 0.1) is 11.1 Å².